The minimum absolute atomic E-state index is 0.0106. The number of aliphatic hydroxyl groups is 1. The minimum atomic E-state index is -0.485. The van der Waals surface area contributed by atoms with Crippen LogP contribution in [0.1, 0.15) is 33.1 Å². The molecule has 122 valence electrons. The largest absolute Gasteiger partial charge is 0.487 e. The van der Waals surface area contributed by atoms with E-state index in [0.717, 1.165) is 19.3 Å². The van der Waals surface area contributed by atoms with Gasteiger partial charge in [-0.1, -0.05) is 6.92 Å². The number of hydrogen-bond acceptors (Lipinski definition) is 3. The average Bonchev–Trinajstić information content (AvgIpc) is 2.43. The first kappa shape index (κ1) is 16.5. The fourth-order valence-corrected chi connectivity index (χ4v) is 2.02. The van der Waals surface area contributed by atoms with Gasteiger partial charge in [0, 0.05) is 24.4 Å². The first-order chi connectivity index (χ1) is 10.5. The highest BCUT2D eigenvalue weighted by molar-refractivity contribution is 5.89. The standard InChI is InChI=1S/C16H23FN2O3/c1-10(9-20)11(2)18-16(21)19-12-6-7-15(14(17)8-12)22-13-4-3-5-13/h6-8,10-11,13,20H,3-5,9H2,1-2H3,(H2,18,19,21)/t10-,11+/m0/s1. The number of benzene rings is 1. The predicted molar refractivity (Wildman–Crippen MR) is 82.5 cm³/mol. The zero-order valence-electron chi connectivity index (χ0n) is 12.9. The highest BCUT2D eigenvalue weighted by atomic mass is 19.1. The van der Waals surface area contributed by atoms with Crippen molar-refractivity contribution >= 4 is 11.7 Å². The molecule has 1 aromatic rings. The molecule has 1 aliphatic rings. The molecule has 1 aromatic carbocycles. The molecule has 22 heavy (non-hydrogen) atoms. The van der Waals surface area contributed by atoms with Crippen LogP contribution in [0.25, 0.3) is 0 Å². The molecule has 0 aliphatic heterocycles. The molecule has 2 rings (SSSR count). The summed E-state index contributed by atoms with van der Waals surface area (Å²) in [6, 6.07) is 3.77. The Morgan fingerprint density at radius 2 is 2.18 bits per heavy atom. The van der Waals surface area contributed by atoms with Gasteiger partial charge in [0.25, 0.3) is 0 Å². The first-order valence-corrected chi connectivity index (χ1v) is 7.64. The zero-order valence-corrected chi connectivity index (χ0v) is 12.9. The van der Waals surface area contributed by atoms with E-state index in [0.29, 0.717) is 5.69 Å². The molecule has 6 heteroatoms. The van der Waals surface area contributed by atoms with Crippen LogP contribution in [0.15, 0.2) is 18.2 Å². The maximum absolute atomic E-state index is 13.9. The lowest BCUT2D eigenvalue weighted by molar-refractivity contribution is 0.115. The monoisotopic (exact) mass is 310 g/mol. The number of aliphatic hydroxyl groups excluding tert-OH is 1. The Bertz CT molecular complexity index is 520. The molecular formula is C16H23FN2O3. The van der Waals surface area contributed by atoms with Crippen LogP contribution in [-0.4, -0.2) is 29.9 Å². The van der Waals surface area contributed by atoms with Crippen molar-refractivity contribution < 1.29 is 19.0 Å². The Hall–Kier alpha value is -1.82. The first-order valence-electron chi connectivity index (χ1n) is 7.64. The number of carbonyl (C=O) groups excluding carboxylic acids is 1. The van der Waals surface area contributed by atoms with Crippen molar-refractivity contribution in [3.63, 3.8) is 0 Å². The van der Waals surface area contributed by atoms with E-state index in [1.165, 1.54) is 12.1 Å². The lowest BCUT2D eigenvalue weighted by Crippen LogP contribution is -2.40. The minimum Gasteiger partial charge on any atom is -0.487 e. The lowest BCUT2D eigenvalue weighted by Gasteiger charge is -2.26. The highest BCUT2D eigenvalue weighted by Gasteiger charge is 2.21. The third-order valence-corrected chi connectivity index (χ3v) is 4.04. The summed E-state index contributed by atoms with van der Waals surface area (Å²) in [5, 5.41) is 14.3. The van der Waals surface area contributed by atoms with E-state index in [-0.39, 0.29) is 30.4 Å². The van der Waals surface area contributed by atoms with Crippen LogP contribution in [-0.2, 0) is 0 Å². The Balaban J connectivity index is 1.89. The topological polar surface area (TPSA) is 70.6 Å². The normalized spacial score (nSPS) is 17.3. The number of hydrogen-bond donors (Lipinski definition) is 3. The predicted octanol–water partition coefficient (Wildman–Crippen LogP) is 2.90. The molecule has 0 unspecified atom stereocenters. The van der Waals surface area contributed by atoms with Gasteiger partial charge in [-0.25, -0.2) is 9.18 Å². The Morgan fingerprint density at radius 3 is 2.73 bits per heavy atom. The summed E-state index contributed by atoms with van der Waals surface area (Å²) in [6.45, 7) is 3.62. The third kappa shape index (κ3) is 4.34. The van der Waals surface area contributed by atoms with Crippen LogP contribution in [0, 0.1) is 11.7 Å². The fourth-order valence-electron chi connectivity index (χ4n) is 2.02. The summed E-state index contributed by atoms with van der Waals surface area (Å²) >= 11 is 0. The summed E-state index contributed by atoms with van der Waals surface area (Å²) in [5.41, 5.74) is 0.361. The Kier molecular flexibility index (Phi) is 5.60. The van der Waals surface area contributed by atoms with Crippen molar-refractivity contribution in [2.75, 3.05) is 11.9 Å². The summed E-state index contributed by atoms with van der Waals surface area (Å²) in [4.78, 5) is 11.8. The molecule has 0 saturated heterocycles. The fraction of sp³-hybridized carbons (Fsp3) is 0.562. The summed E-state index contributed by atoms with van der Waals surface area (Å²) in [5.74, 6) is -0.319. The van der Waals surface area contributed by atoms with Crippen LogP contribution in [0.5, 0.6) is 5.75 Å². The van der Waals surface area contributed by atoms with Gasteiger partial charge in [-0.15, -0.1) is 0 Å². The second-order valence-corrected chi connectivity index (χ2v) is 5.86. The quantitative estimate of drug-likeness (QED) is 0.756. The Morgan fingerprint density at radius 1 is 1.45 bits per heavy atom. The molecular weight excluding hydrogens is 287 g/mol. The smallest absolute Gasteiger partial charge is 0.319 e. The van der Waals surface area contributed by atoms with Crippen molar-refractivity contribution in [1.29, 1.82) is 0 Å². The number of carbonyl (C=O) groups is 1. The molecule has 0 spiro atoms. The molecule has 0 bridgehead atoms. The van der Waals surface area contributed by atoms with Gasteiger partial charge in [-0.2, -0.15) is 0 Å². The van der Waals surface area contributed by atoms with Gasteiger partial charge in [0.15, 0.2) is 11.6 Å². The number of urea groups is 1. The zero-order chi connectivity index (χ0) is 16.1. The maximum atomic E-state index is 13.9. The second kappa shape index (κ2) is 7.45. The average molecular weight is 310 g/mol. The molecule has 0 radical (unpaired) electrons. The molecule has 1 saturated carbocycles. The van der Waals surface area contributed by atoms with Gasteiger partial charge in [-0.3, -0.25) is 0 Å². The lowest BCUT2D eigenvalue weighted by atomic mass is 9.96. The number of anilines is 1. The van der Waals surface area contributed by atoms with Crippen molar-refractivity contribution in [1.82, 2.24) is 5.32 Å². The number of rotatable bonds is 6. The summed E-state index contributed by atoms with van der Waals surface area (Å²) in [6.07, 6.45) is 3.15. The van der Waals surface area contributed by atoms with Crippen molar-refractivity contribution in [3.8, 4) is 5.75 Å². The molecule has 3 N–H and O–H groups in total. The number of amides is 2. The van der Waals surface area contributed by atoms with Gasteiger partial charge < -0.3 is 20.5 Å². The third-order valence-electron chi connectivity index (χ3n) is 4.04. The number of halogens is 1. The van der Waals surface area contributed by atoms with Gasteiger partial charge in [-0.05, 0) is 44.2 Å². The van der Waals surface area contributed by atoms with Crippen LogP contribution in [0.2, 0.25) is 0 Å². The van der Waals surface area contributed by atoms with Crippen LogP contribution < -0.4 is 15.4 Å². The number of nitrogens with one attached hydrogen (secondary N) is 2. The summed E-state index contributed by atoms with van der Waals surface area (Å²) in [7, 11) is 0. The second-order valence-electron chi connectivity index (χ2n) is 5.86. The molecule has 0 aromatic heterocycles. The van der Waals surface area contributed by atoms with Crippen molar-refractivity contribution in [2.45, 2.75) is 45.3 Å². The van der Waals surface area contributed by atoms with Crippen molar-refractivity contribution in [2.24, 2.45) is 5.92 Å². The van der Waals surface area contributed by atoms with Gasteiger partial charge in [0.1, 0.15) is 0 Å². The van der Waals surface area contributed by atoms with E-state index >= 15 is 0 Å². The molecule has 1 aliphatic carbocycles. The van der Waals surface area contributed by atoms with E-state index in [4.69, 9.17) is 9.84 Å². The van der Waals surface area contributed by atoms with Crippen LogP contribution in [0.4, 0.5) is 14.9 Å². The van der Waals surface area contributed by atoms with E-state index in [2.05, 4.69) is 10.6 Å². The highest BCUT2D eigenvalue weighted by Crippen LogP contribution is 2.28. The van der Waals surface area contributed by atoms with E-state index in [1.54, 1.807) is 13.0 Å². The molecule has 5 nitrogen and oxygen atoms in total. The van der Waals surface area contributed by atoms with E-state index in [1.807, 2.05) is 6.92 Å². The summed E-state index contributed by atoms with van der Waals surface area (Å²) < 4.78 is 19.5. The Labute approximate surface area is 129 Å². The van der Waals surface area contributed by atoms with Crippen LogP contribution in [0.3, 0.4) is 0 Å². The maximum Gasteiger partial charge on any atom is 0.319 e. The molecule has 2 atom stereocenters. The van der Waals surface area contributed by atoms with Crippen LogP contribution >= 0.6 is 0 Å². The van der Waals surface area contributed by atoms with Crippen molar-refractivity contribution in [3.05, 3.63) is 24.0 Å². The van der Waals surface area contributed by atoms with Gasteiger partial charge >= 0.3 is 6.03 Å². The molecule has 1 fully saturated rings. The molecule has 0 heterocycles. The van der Waals surface area contributed by atoms with E-state index in [9.17, 15) is 9.18 Å². The van der Waals surface area contributed by atoms with Gasteiger partial charge in [0.05, 0.1) is 6.10 Å². The SMILES string of the molecule is C[C@@H](CO)[C@@H](C)NC(=O)Nc1ccc(OC2CCC2)c(F)c1. The number of ether oxygens (including phenoxy) is 1. The molecule has 2 amide bonds. The van der Waals surface area contributed by atoms with E-state index < -0.39 is 11.8 Å². The van der Waals surface area contributed by atoms with Gasteiger partial charge in [0.2, 0.25) is 0 Å².